The molecule has 3 aromatic rings. The Bertz CT molecular complexity index is 923. The lowest BCUT2D eigenvalue weighted by Crippen LogP contribution is -2.32. The third-order valence-corrected chi connectivity index (χ3v) is 4.16. The number of hydrogen-bond acceptors (Lipinski definition) is 7. The number of carboxylic acid groups (broad SMARTS) is 1. The number of rotatable bonds is 5. The van der Waals surface area contributed by atoms with E-state index in [1.807, 2.05) is 12.1 Å². The number of nitro benzene ring substituents is 1. The van der Waals surface area contributed by atoms with Crippen molar-refractivity contribution in [1.82, 2.24) is 8.75 Å². The fraction of sp³-hybridized carbons (Fsp3) is 0.133. The highest BCUT2D eigenvalue weighted by Gasteiger charge is 2.19. The van der Waals surface area contributed by atoms with Crippen LogP contribution in [0.5, 0.6) is 0 Å². The van der Waals surface area contributed by atoms with Crippen LogP contribution in [0.2, 0.25) is 0 Å². The normalized spacial score (nSPS) is 12.2. The predicted octanol–water partition coefficient (Wildman–Crippen LogP) is 2.22. The van der Waals surface area contributed by atoms with Crippen LogP contribution < -0.4 is 5.73 Å². The molecule has 8 nitrogen and oxygen atoms in total. The summed E-state index contributed by atoms with van der Waals surface area (Å²) in [6, 6.07) is 9.28. The van der Waals surface area contributed by atoms with E-state index >= 15 is 0 Å². The first-order valence-electron chi connectivity index (χ1n) is 6.94. The number of nitrogens with two attached hydrogens (primary N) is 1. The molecule has 0 saturated carbocycles. The first-order chi connectivity index (χ1) is 11.5. The number of nitrogens with zero attached hydrogens (tertiary/aromatic N) is 3. The van der Waals surface area contributed by atoms with E-state index < -0.39 is 16.9 Å². The molecule has 0 aliphatic heterocycles. The Balaban J connectivity index is 1.97. The standard InChI is InChI=1S/C15H12N4O4S/c16-11(15(20)21)7-8-1-3-9(4-2-8)10-5-6-12(19(22)23)14-13(10)17-24-18-14/h1-6,11H,7,16H2,(H,20,21). The zero-order valence-corrected chi connectivity index (χ0v) is 13.1. The van der Waals surface area contributed by atoms with Crippen LogP contribution in [-0.2, 0) is 11.2 Å². The largest absolute Gasteiger partial charge is 0.480 e. The number of hydrogen-bond donors (Lipinski definition) is 2. The van der Waals surface area contributed by atoms with E-state index in [0.29, 0.717) is 5.52 Å². The minimum absolute atomic E-state index is 0.0773. The van der Waals surface area contributed by atoms with Crippen LogP contribution in [0.3, 0.4) is 0 Å². The average molecular weight is 344 g/mol. The summed E-state index contributed by atoms with van der Waals surface area (Å²) in [7, 11) is 0. The van der Waals surface area contributed by atoms with Crippen molar-refractivity contribution in [2.45, 2.75) is 12.5 Å². The maximum absolute atomic E-state index is 11.0. The molecule has 122 valence electrons. The molecule has 3 N–H and O–H groups in total. The third-order valence-electron chi connectivity index (χ3n) is 3.63. The maximum atomic E-state index is 11.0. The molecular weight excluding hydrogens is 332 g/mol. The molecule has 3 rings (SSSR count). The van der Waals surface area contributed by atoms with Gasteiger partial charge in [-0.1, -0.05) is 24.3 Å². The fourth-order valence-corrected chi connectivity index (χ4v) is 2.96. The van der Waals surface area contributed by atoms with Crippen molar-refractivity contribution in [2.24, 2.45) is 5.73 Å². The first-order valence-corrected chi connectivity index (χ1v) is 7.68. The molecule has 0 spiro atoms. The molecule has 1 aromatic heterocycles. The van der Waals surface area contributed by atoms with E-state index in [4.69, 9.17) is 10.8 Å². The maximum Gasteiger partial charge on any atom is 0.320 e. The Hall–Kier alpha value is -2.91. The molecule has 24 heavy (non-hydrogen) atoms. The van der Waals surface area contributed by atoms with Gasteiger partial charge in [0.25, 0.3) is 5.69 Å². The van der Waals surface area contributed by atoms with Gasteiger partial charge in [-0.05, 0) is 23.6 Å². The summed E-state index contributed by atoms with van der Waals surface area (Å²) >= 11 is 0.922. The predicted molar refractivity (Wildman–Crippen MR) is 88.8 cm³/mol. The number of carbonyl (C=O) groups is 1. The van der Waals surface area contributed by atoms with Crippen molar-refractivity contribution in [3.8, 4) is 11.1 Å². The average Bonchev–Trinajstić information content (AvgIpc) is 3.04. The minimum atomic E-state index is -1.05. The second kappa shape index (κ2) is 6.30. The summed E-state index contributed by atoms with van der Waals surface area (Å²) in [6.45, 7) is 0. The molecular formula is C15H12N4O4S. The summed E-state index contributed by atoms with van der Waals surface area (Å²) in [5.74, 6) is -1.05. The van der Waals surface area contributed by atoms with Crippen molar-refractivity contribution < 1.29 is 14.8 Å². The molecule has 0 amide bonds. The fourth-order valence-electron chi connectivity index (χ4n) is 2.40. The van der Waals surface area contributed by atoms with E-state index in [9.17, 15) is 14.9 Å². The van der Waals surface area contributed by atoms with Gasteiger partial charge in [0.1, 0.15) is 11.6 Å². The topological polar surface area (TPSA) is 132 Å². The molecule has 0 saturated heterocycles. The lowest BCUT2D eigenvalue weighted by atomic mass is 9.99. The summed E-state index contributed by atoms with van der Waals surface area (Å²) < 4.78 is 8.17. The van der Waals surface area contributed by atoms with Gasteiger partial charge < -0.3 is 10.8 Å². The molecule has 9 heteroatoms. The van der Waals surface area contributed by atoms with Gasteiger partial charge in [-0.2, -0.15) is 8.75 Å². The molecule has 1 unspecified atom stereocenters. The highest BCUT2D eigenvalue weighted by Crippen LogP contribution is 2.33. The Kier molecular flexibility index (Phi) is 4.19. The molecule has 0 aliphatic rings. The summed E-state index contributed by atoms with van der Waals surface area (Å²) in [5, 5.41) is 19.9. The molecule has 0 bridgehead atoms. The number of aliphatic carboxylic acids is 1. The molecule has 0 aliphatic carbocycles. The third kappa shape index (κ3) is 2.94. The van der Waals surface area contributed by atoms with E-state index in [2.05, 4.69) is 8.75 Å². The number of nitro groups is 1. The number of fused-ring (bicyclic) bond motifs is 1. The Labute approximate surface area is 140 Å². The minimum Gasteiger partial charge on any atom is -0.480 e. The van der Waals surface area contributed by atoms with E-state index in [1.54, 1.807) is 18.2 Å². The van der Waals surface area contributed by atoms with Crippen LogP contribution in [-0.4, -0.2) is 30.8 Å². The lowest BCUT2D eigenvalue weighted by Gasteiger charge is -2.08. The molecule has 0 radical (unpaired) electrons. The number of aromatic nitrogens is 2. The van der Waals surface area contributed by atoms with Crippen LogP contribution in [0.15, 0.2) is 36.4 Å². The summed E-state index contributed by atoms with van der Waals surface area (Å²) in [5.41, 5.74) is 8.53. The van der Waals surface area contributed by atoms with Crippen molar-refractivity contribution in [2.75, 3.05) is 0 Å². The number of benzene rings is 2. The zero-order chi connectivity index (χ0) is 17.3. The SMILES string of the molecule is NC(Cc1ccc(-c2ccc([N+](=O)[O-])c3nsnc23)cc1)C(=O)O. The van der Waals surface area contributed by atoms with Gasteiger partial charge in [0.05, 0.1) is 16.7 Å². The van der Waals surface area contributed by atoms with Gasteiger partial charge >= 0.3 is 5.97 Å². The molecule has 1 atom stereocenters. The van der Waals surface area contributed by atoms with Gasteiger partial charge in [-0.25, -0.2) is 0 Å². The van der Waals surface area contributed by atoms with Crippen molar-refractivity contribution >= 4 is 34.4 Å². The zero-order valence-electron chi connectivity index (χ0n) is 12.2. The van der Waals surface area contributed by atoms with Crippen LogP contribution in [0.4, 0.5) is 5.69 Å². The summed E-state index contributed by atoms with van der Waals surface area (Å²) in [4.78, 5) is 21.4. The Morgan fingerprint density at radius 3 is 2.50 bits per heavy atom. The van der Waals surface area contributed by atoms with Crippen LogP contribution in [0.25, 0.3) is 22.2 Å². The van der Waals surface area contributed by atoms with Crippen molar-refractivity contribution in [3.63, 3.8) is 0 Å². The van der Waals surface area contributed by atoms with Crippen LogP contribution in [0, 0.1) is 10.1 Å². The number of carboxylic acids is 1. The highest BCUT2D eigenvalue weighted by molar-refractivity contribution is 7.00. The van der Waals surface area contributed by atoms with E-state index in [0.717, 1.165) is 28.4 Å². The quantitative estimate of drug-likeness (QED) is 0.535. The van der Waals surface area contributed by atoms with E-state index in [-0.39, 0.29) is 17.6 Å². The Morgan fingerprint density at radius 1 is 1.21 bits per heavy atom. The van der Waals surface area contributed by atoms with Crippen LogP contribution >= 0.6 is 11.7 Å². The van der Waals surface area contributed by atoms with E-state index in [1.165, 1.54) is 6.07 Å². The van der Waals surface area contributed by atoms with Gasteiger partial charge in [0.15, 0.2) is 5.52 Å². The van der Waals surface area contributed by atoms with Gasteiger partial charge in [0.2, 0.25) is 0 Å². The first kappa shape index (κ1) is 16.0. The Morgan fingerprint density at radius 2 is 1.88 bits per heavy atom. The van der Waals surface area contributed by atoms with Gasteiger partial charge in [0, 0.05) is 11.6 Å². The van der Waals surface area contributed by atoms with Gasteiger partial charge in [-0.15, -0.1) is 0 Å². The van der Waals surface area contributed by atoms with Gasteiger partial charge in [-0.3, -0.25) is 14.9 Å². The molecule has 2 aromatic carbocycles. The van der Waals surface area contributed by atoms with Crippen molar-refractivity contribution in [3.05, 3.63) is 52.1 Å². The lowest BCUT2D eigenvalue weighted by molar-refractivity contribution is -0.383. The van der Waals surface area contributed by atoms with Crippen LogP contribution in [0.1, 0.15) is 5.56 Å². The monoisotopic (exact) mass is 344 g/mol. The highest BCUT2D eigenvalue weighted by atomic mass is 32.1. The summed E-state index contributed by atoms with van der Waals surface area (Å²) in [6.07, 6.45) is 0.226. The smallest absolute Gasteiger partial charge is 0.320 e. The molecule has 1 heterocycles. The second-order valence-corrected chi connectivity index (χ2v) is 5.73. The van der Waals surface area contributed by atoms with Crippen molar-refractivity contribution in [1.29, 1.82) is 0 Å². The second-order valence-electron chi connectivity index (χ2n) is 5.20. The molecule has 0 fully saturated rings. The number of non-ortho nitro benzene ring substituents is 1.